The maximum atomic E-state index is 13.3. The maximum Gasteiger partial charge on any atom is 0.362 e. The Bertz CT molecular complexity index is 1510. The van der Waals surface area contributed by atoms with Gasteiger partial charge in [0.05, 0.1) is 27.3 Å². The summed E-state index contributed by atoms with van der Waals surface area (Å²) >= 11 is 18.1. The number of pyridine rings is 1. The number of ether oxygens (including phenoxy) is 2. The van der Waals surface area contributed by atoms with Crippen LogP contribution < -0.4 is 10.4 Å². The Morgan fingerprint density at radius 1 is 1.08 bits per heavy atom. The summed E-state index contributed by atoms with van der Waals surface area (Å²) in [5, 5.41) is 0.357. The van der Waals surface area contributed by atoms with Crippen molar-refractivity contribution in [2.45, 2.75) is 44.6 Å². The number of fused-ring (bicyclic) bond motifs is 1. The predicted octanol–water partition coefficient (Wildman–Crippen LogP) is 4.92. The highest BCUT2D eigenvalue weighted by Crippen LogP contribution is 2.36. The third-order valence-corrected chi connectivity index (χ3v) is 8.84. The van der Waals surface area contributed by atoms with E-state index in [1.54, 1.807) is 0 Å². The van der Waals surface area contributed by atoms with Gasteiger partial charge in [-0.25, -0.2) is 14.6 Å². The summed E-state index contributed by atoms with van der Waals surface area (Å²) in [6.07, 6.45) is 1.55. The van der Waals surface area contributed by atoms with Gasteiger partial charge in [-0.2, -0.15) is 0 Å². The lowest BCUT2D eigenvalue weighted by molar-refractivity contribution is -0.157. The Morgan fingerprint density at radius 2 is 1.74 bits per heavy atom. The molecule has 1 aliphatic heterocycles. The highest BCUT2D eigenvalue weighted by molar-refractivity contribution is 6.76. The minimum Gasteiger partial charge on any atom is -0.419 e. The summed E-state index contributed by atoms with van der Waals surface area (Å²) in [5.74, 6) is -1.81. The number of imide groups is 1. The summed E-state index contributed by atoms with van der Waals surface area (Å²) in [6.45, 7) is 6.90. The van der Waals surface area contributed by atoms with Crippen molar-refractivity contribution in [1.82, 2.24) is 19.0 Å². The number of nitrogens with zero attached hydrogens (tertiary/aromatic N) is 4. The molecule has 2 amide bonds. The number of amides is 2. The van der Waals surface area contributed by atoms with Gasteiger partial charge in [-0.05, 0) is 30.7 Å². The molecule has 208 valence electrons. The van der Waals surface area contributed by atoms with E-state index < -0.39 is 31.7 Å². The van der Waals surface area contributed by atoms with Crippen LogP contribution in [0, 0.1) is 0 Å². The van der Waals surface area contributed by atoms with Gasteiger partial charge >= 0.3 is 11.7 Å². The first kappa shape index (κ1) is 29.3. The van der Waals surface area contributed by atoms with Crippen LogP contribution in [-0.4, -0.2) is 58.2 Å². The van der Waals surface area contributed by atoms with Crippen molar-refractivity contribution >= 4 is 71.7 Å². The summed E-state index contributed by atoms with van der Waals surface area (Å²) < 4.78 is 13.6. The number of aryl methyl sites for hydroxylation is 1. The zero-order valence-electron chi connectivity index (χ0n) is 21.8. The number of hydrogen-bond acceptors (Lipinski definition) is 7. The third-order valence-electron chi connectivity index (χ3n) is 6.35. The second-order valence-electron chi connectivity index (χ2n) is 10.4. The molecule has 1 aliphatic rings. The zero-order valence-corrected chi connectivity index (χ0v) is 25.1. The summed E-state index contributed by atoms with van der Waals surface area (Å²) in [5.41, 5.74) is 0.0695. The van der Waals surface area contributed by atoms with Crippen LogP contribution >= 0.6 is 34.8 Å². The number of carbonyl (C=O) groups excluding carboxylic acids is 3. The van der Waals surface area contributed by atoms with Crippen LogP contribution in [0.25, 0.3) is 11.0 Å². The van der Waals surface area contributed by atoms with E-state index in [1.807, 2.05) is 0 Å². The number of piperidine rings is 1. The van der Waals surface area contributed by atoms with E-state index in [0.717, 1.165) is 10.9 Å². The number of hydrogen-bond donors (Lipinski definition) is 0. The Labute approximate surface area is 240 Å². The Kier molecular flexibility index (Phi) is 8.57. The molecule has 39 heavy (non-hydrogen) atoms. The Hall–Kier alpha value is -2.70. The van der Waals surface area contributed by atoms with Crippen molar-refractivity contribution in [1.29, 1.82) is 0 Å². The number of imidazole rings is 1. The van der Waals surface area contributed by atoms with E-state index in [9.17, 15) is 19.2 Å². The lowest BCUT2D eigenvalue weighted by Crippen LogP contribution is -2.48. The monoisotopic (exact) mass is 612 g/mol. The van der Waals surface area contributed by atoms with E-state index in [1.165, 1.54) is 40.6 Å². The summed E-state index contributed by atoms with van der Waals surface area (Å²) in [7, 11) is 0.171. The van der Waals surface area contributed by atoms with E-state index in [0.29, 0.717) is 17.6 Å². The van der Waals surface area contributed by atoms with Gasteiger partial charge in [-0.15, -0.1) is 0 Å². The number of likely N-dealkylation sites (tertiary alicyclic amines) is 1. The molecule has 0 spiro atoms. The number of rotatable bonds is 8. The average molecular weight is 614 g/mol. The lowest BCUT2D eigenvalue weighted by Gasteiger charge is -2.31. The highest BCUT2D eigenvalue weighted by Gasteiger charge is 2.37. The molecule has 0 N–H and O–H groups in total. The maximum absolute atomic E-state index is 13.3. The van der Waals surface area contributed by atoms with Gasteiger partial charge in [0.25, 0.3) is 5.91 Å². The third kappa shape index (κ3) is 6.22. The Morgan fingerprint density at radius 3 is 2.38 bits per heavy atom. The molecular weight excluding hydrogens is 587 g/mol. The first-order valence-electron chi connectivity index (χ1n) is 12.1. The SMILES string of the molecule is Cn1c(=O)n(C2CCC(=O)N(COCC[Si](C)(C)C)C2=O)c2cnc(C(=O)Oc3c(Cl)cc(Cl)cc3Cl)cc21. The van der Waals surface area contributed by atoms with Crippen LogP contribution in [0.15, 0.2) is 29.2 Å². The molecule has 2 aromatic heterocycles. The van der Waals surface area contributed by atoms with E-state index in [-0.39, 0.29) is 52.0 Å². The van der Waals surface area contributed by atoms with Crippen molar-refractivity contribution in [3.05, 3.63) is 55.6 Å². The van der Waals surface area contributed by atoms with E-state index >= 15 is 0 Å². The molecule has 4 rings (SSSR count). The molecule has 0 aliphatic carbocycles. The fraction of sp³-hybridized carbons (Fsp3) is 0.400. The first-order valence-corrected chi connectivity index (χ1v) is 17.0. The van der Waals surface area contributed by atoms with Crippen LogP contribution in [0.1, 0.15) is 29.4 Å². The van der Waals surface area contributed by atoms with Crippen LogP contribution in [0.2, 0.25) is 40.8 Å². The summed E-state index contributed by atoms with van der Waals surface area (Å²) in [4.78, 5) is 57.1. The number of aromatic nitrogens is 3. The van der Waals surface area contributed by atoms with Crippen LogP contribution in [0.5, 0.6) is 5.75 Å². The predicted molar refractivity (Wildman–Crippen MR) is 151 cm³/mol. The van der Waals surface area contributed by atoms with Crippen molar-refractivity contribution in [2.24, 2.45) is 7.05 Å². The molecule has 3 aromatic rings. The molecule has 1 saturated heterocycles. The van der Waals surface area contributed by atoms with Gasteiger partial charge in [-0.3, -0.25) is 23.6 Å². The molecule has 1 atom stereocenters. The molecular formula is C25H27Cl3N4O6Si. The van der Waals surface area contributed by atoms with Gasteiger partial charge in [0.1, 0.15) is 12.8 Å². The molecule has 14 heteroatoms. The molecule has 0 bridgehead atoms. The first-order chi connectivity index (χ1) is 18.3. The minimum absolute atomic E-state index is 0.0415. The van der Waals surface area contributed by atoms with Crippen molar-refractivity contribution in [3.8, 4) is 5.75 Å². The number of benzene rings is 1. The van der Waals surface area contributed by atoms with Crippen LogP contribution in [-0.2, 0) is 21.4 Å². The number of halogens is 3. The molecule has 1 fully saturated rings. The quantitative estimate of drug-likeness (QED) is 0.117. The van der Waals surface area contributed by atoms with Crippen LogP contribution in [0.3, 0.4) is 0 Å². The molecule has 1 aromatic carbocycles. The van der Waals surface area contributed by atoms with Crippen molar-refractivity contribution < 1.29 is 23.9 Å². The fourth-order valence-corrected chi connectivity index (χ4v) is 5.83. The molecule has 3 heterocycles. The van der Waals surface area contributed by atoms with Gasteiger partial charge in [-0.1, -0.05) is 54.4 Å². The average Bonchev–Trinajstić information content (AvgIpc) is 3.09. The second-order valence-corrected chi connectivity index (χ2v) is 17.3. The topological polar surface area (TPSA) is 113 Å². The number of esters is 1. The van der Waals surface area contributed by atoms with Crippen LogP contribution in [0.4, 0.5) is 0 Å². The molecule has 10 nitrogen and oxygen atoms in total. The highest BCUT2D eigenvalue weighted by atomic mass is 35.5. The summed E-state index contributed by atoms with van der Waals surface area (Å²) in [6, 6.07) is 4.10. The standard InChI is InChI=1S/C25H27Cl3N4O6Si/c1-30-19-11-17(24(35)38-22-15(27)9-14(26)10-16(22)28)29-12-20(19)32(25(30)36)18-5-6-21(33)31(23(18)34)13-37-7-8-39(2,3)4/h9-12,18H,5-8,13H2,1-4H3. The molecule has 0 radical (unpaired) electrons. The second kappa shape index (κ2) is 11.4. The molecule has 1 unspecified atom stereocenters. The smallest absolute Gasteiger partial charge is 0.362 e. The Balaban J connectivity index is 1.60. The normalized spacial score (nSPS) is 16.3. The van der Waals surface area contributed by atoms with Crippen molar-refractivity contribution in [2.75, 3.05) is 13.3 Å². The largest absolute Gasteiger partial charge is 0.419 e. The van der Waals surface area contributed by atoms with Crippen molar-refractivity contribution in [3.63, 3.8) is 0 Å². The van der Waals surface area contributed by atoms with Gasteiger partial charge in [0.2, 0.25) is 5.91 Å². The lowest BCUT2D eigenvalue weighted by atomic mass is 10.0. The zero-order chi connectivity index (χ0) is 28.6. The van der Waals surface area contributed by atoms with E-state index in [4.69, 9.17) is 44.3 Å². The number of carbonyl (C=O) groups is 3. The minimum atomic E-state index is -1.34. The fourth-order valence-electron chi connectivity index (χ4n) is 4.17. The van der Waals surface area contributed by atoms with Gasteiger partial charge < -0.3 is 9.47 Å². The van der Waals surface area contributed by atoms with Gasteiger partial charge in [0.15, 0.2) is 11.4 Å². The van der Waals surface area contributed by atoms with Gasteiger partial charge in [0, 0.05) is 33.2 Å². The molecule has 0 saturated carbocycles. The van der Waals surface area contributed by atoms with E-state index in [2.05, 4.69) is 24.6 Å².